The summed E-state index contributed by atoms with van der Waals surface area (Å²) < 4.78 is 5.41. The summed E-state index contributed by atoms with van der Waals surface area (Å²) in [5.41, 5.74) is 1.19. The maximum Gasteiger partial charge on any atom is 0.234 e. The lowest BCUT2D eigenvalue weighted by Crippen LogP contribution is -2.56. The van der Waals surface area contributed by atoms with Gasteiger partial charge in [-0.15, -0.1) is 0 Å². The molecule has 0 atom stereocenters. The Kier molecular flexibility index (Phi) is 7.21. The van der Waals surface area contributed by atoms with E-state index < -0.39 is 0 Å². The van der Waals surface area contributed by atoms with Gasteiger partial charge in [0.15, 0.2) is 0 Å². The second-order valence-corrected chi connectivity index (χ2v) is 6.98. The zero-order valence-corrected chi connectivity index (χ0v) is 15.3. The molecule has 1 aromatic rings. The first-order valence-corrected chi connectivity index (χ1v) is 8.87. The van der Waals surface area contributed by atoms with Crippen molar-refractivity contribution in [1.82, 2.24) is 15.1 Å². The molecule has 1 aliphatic rings. The molecular weight excluding hydrogens is 302 g/mol. The molecule has 1 amide bonds. The summed E-state index contributed by atoms with van der Waals surface area (Å²) in [5, 5.41) is 3.11. The van der Waals surface area contributed by atoms with Crippen LogP contribution in [0.15, 0.2) is 30.3 Å². The zero-order chi connectivity index (χ0) is 17.4. The minimum absolute atomic E-state index is 0.0457. The van der Waals surface area contributed by atoms with Gasteiger partial charge in [-0.2, -0.15) is 0 Å². The third-order valence-electron chi connectivity index (χ3n) is 4.65. The third kappa shape index (κ3) is 5.89. The average Bonchev–Trinajstić information content (AvgIpc) is 2.61. The molecule has 0 spiro atoms. The first-order valence-electron chi connectivity index (χ1n) is 8.87. The molecule has 1 aromatic carbocycles. The van der Waals surface area contributed by atoms with Crippen molar-refractivity contribution in [1.29, 1.82) is 0 Å². The van der Waals surface area contributed by atoms with Crippen LogP contribution in [0.1, 0.15) is 26.3 Å². The molecule has 1 fully saturated rings. The largest absolute Gasteiger partial charge is 0.379 e. The van der Waals surface area contributed by atoms with Crippen molar-refractivity contribution in [2.24, 2.45) is 0 Å². The van der Waals surface area contributed by atoms with Gasteiger partial charge in [-0.05, 0) is 26.0 Å². The smallest absolute Gasteiger partial charge is 0.234 e. The van der Waals surface area contributed by atoms with Crippen LogP contribution < -0.4 is 5.32 Å². The van der Waals surface area contributed by atoms with E-state index in [1.54, 1.807) is 0 Å². The van der Waals surface area contributed by atoms with Crippen molar-refractivity contribution in [3.05, 3.63) is 35.9 Å². The SMILES string of the molecule is CCN(CC(=O)NCC(C)(C)N1CCOCC1)Cc1ccccc1. The summed E-state index contributed by atoms with van der Waals surface area (Å²) >= 11 is 0. The second-order valence-electron chi connectivity index (χ2n) is 6.98. The normalized spacial score (nSPS) is 16.3. The molecule has 0 aliphatic carbocycles. The summed E-state index contributed by atoms with van der Waals surface area (Å²) in [6, 6.07) is 10.3. The lowest BCUT2D eigenvalue weighted by Gasteiger charge is -2.41. The highest BCUT2D eigenvalue weighted by Crippen LogP contribution is 2.15. The number of hydrogen-bond acceptors (Lipinski definition) is 4. The average molecular weight is 333 g/mol. The molecule has 0 bridgehead atoms. The topological polar surface area (TPSA) is 44.8 Å². The summed E-state index contributed by atoms with van der Waals surface area (Å²) in [5.74, 6) is 0.0918. The number of amides is 1. The Morgan fingerprint density at radius 2 is 1.92 bits per heavy atom. The molecule has 0 unspecified atom stereocenters. The monoisotopic (exact) mass is 333 g/mol. The molecule has 5 heteroatoms. The molecule has 0 saturated carbocycles. The maximum absolute atomic E-state index is 12.3. The number of ether oxygens (including phenoxy) is 1. The zero-order valence-electron chi connectivity index (χ0n) is 15.3. The number of carbonyl (C=O) groups excluding carboxylic acids is 1. The van der Waals surface area contributed by atoms with Crippen LogP contribution in [0.25, 0.3) is 0 Å². The van der Waals surface area contributed by atoms with Gasteiger partial charge in [-0.25, -0.2) is 0 Å². The van der Waals surface area contributed by atoms with Crippen LogP contribution in [-0.2, 0) is 16.1 Å². The van der Waals surface area contributed by atoms with E-state index in [-0.39, 0.29) is 11.4 Å². The van der Waals surface area contributed by atoms with Crippen LogP contribution in [-0.4, -0.2) is 67.2 Å². The predicted octanol–water partition coefficient (Wildman–Crippen LogP) is 1.74. The van der Waals surface area contributed by atoms with E-state index in [0.29, 0.717) is 13.1 Å². The van der Waals surface area contributed by atoms with Gasteiger partial charge in [0.05, 0.1) is 19.8 Å². The van der Waals surface area contributed by atoms with E-state index in [2.05, 4.69) is 48.0 Å². The van der Waals surface area contributed by atoms with Gasteiger partial charge in [-0.1, -0.05) is 37.3 Å². The van der Waals surface area contributed by atoms with E-state index in [1.807, 2.05) is 18.2 Å². The number of nitrogens with zero attached hydrogens (tertiary/aromatic N) is 2. The van der Waals surface area contributed by atoms with E-state index in [9.17, 15) is 4.79 Å². The van der Waals surface area contributed by atoms with E-state index in [1.165, 1.54) is 5.56 Å². The van der Waals surface area contributed by atoms with Crippen molar-refractivity contribution in [3.8, 4) is 0 Å². The molecular formula is C19H31N3O2. The standard InChI is InChI=1S/C19H31N3O2/c1-4-21(14-17-8-6-5-7-9-17)15-18(23)20-16-19(2,3)22-10-12-24-13-11-22/h5-9H,4,10-16H2,1-3H3,(H,20,23). The summed E-state index contributed by atoms with van der Waals surface area (Å²) in [7, 11) is 0. The Balaban J connectivity index is 1.78. The lowest BCUT2D eigenvalue weighted by molar-refractivity contribution is -0.123. The summed E-state index contributed by atoms with van der Waals surface area (Å²) in [6.07, 6.45) is 0. The van der Waals surface area contributed by atoms with Crippen LogP contribution in [0, 0.1) is 0 Å². The maximum atomic E-state index is 12.3. The summed E-state index contributed by atoms with van der Waals surface area (Å²) in [4.78, 5) is 16.9. The Morgan fingerprint density at radius 3 is 2.54 bits per heavy atom. The highest BCUT2D eigenvalue weighted by atomic mass is 16.5. The number of morpholine rings is 1. The van der Waals surface area contributed by atoms with Crippen LogP contribution in [0.3, 0.4) is 0 Å². The molecule has 1 heterocycles. The van der Waals surface area contributed by atoms with Crippen LogP contribution in [0.2, 0.25) is 0 Å². The lowest BCUT2D eigenvalue weighted by atomic mass is 10.0. The molecule has 1 N–H and O–H groups in total. The van der Waals surface area contributed by atoms with Crippen molar-refractivity contribution in [2.75, 3.05) is 45.9 Å². The highest BCUT2D eigenvalue weighted by Gasteiger charge is 2.28. The van der Waals surface area contributed by atoms with E-state index in [0.717, 1.165) is 39.4 Å². The molecule has 24 heavy (non-hydrogen) atoms. The van der Waals surface area contributed by atoms with Crippen molar-refractivity contribution >= 4 is 5.91 Å². The number of nitrogens with one attached hydrogen (secondary N) is 1. The molecule has 1 aliphatic heterocycles. The van der Waals surface area contributed by atoms with Gasteiger partial charge in [0.1, 0.15) is 0 Å². The highest BCUT2D eigenvalue weighted by molar-refractivity contribution is 5.78. The Bertz CT molecular complexity index is 499. The Labute approximate surface area is 146 Å². The predicted molar refractivity (Wildman–Crippen MR) is 96.9 cm³/mol. The quantitative estimate of drug-likeness (QED) is 0.787. The third-order valence-corrected chi connectivity index (χ3v) is 4.65. The molecule has 5 nitrogen and oxygen atoms in total. The van der Waals surface area contributed by atoms with E-state index >= 15 is 0 Å². The van der Waals surface area contributed by atoms with E-state index in [4.69, 9.17) is 4.74 Å². The molecule has 2 rings (SSSR count). The molecule has 0 aromatic heterocycles. The molecule has 134 valence electrons. The number of benzene rings is 1. The van der Waals surface area contributed by atoms with Crippen molar-refractivity contribution in [2.45, 2.75) is 32.9 Å². The Hall–Kier alpha value is -1.43. The first kappa shape index (κ1) is 18.9. The van der Waals surface area contributed by atoms with Gasteiger partial charge in [0.25, 0.3) is 0 Å². The number of hydrogen-bond donors (Lipinski definition) is 1. The summed E-state index contributed by atoms with van der Waals surface area (Å²) in [6.45, 7) is 12.6. The molecule has 0 radical (unpaired) electrons. The fourth-order valence-corrected chi connectivity index (χ4v) is 2.98. The number of carbonyl (C=O) groups is 1. The van der Waals surface area contributed by atoms with Gasteiger partial charge in [0.2, 0.25) is 5.91 Å². The molecule has 1 saturated heterocycles. The van der Waals surface area contributed by atoms with Gasteiger partial charge < -0.3 is 10.1 Å². The fourth-order valence-electron chi connectivity index (χ4n) is 2.98. The number of likely N-dealkylation sites (N-methyl/N-ethyl adjacent to an activating group) is 1. The van der Waals surface area contributed by atoms with Crippen LogP contribution in [0.5, 0.6) is 0 Å². The number of rotatable bonds is 8. The van der Waals surface area contributed by atoms with Crippen molar-refractivity contribution in [3.63, 3.8) is 0 Å². The van der Waals surface area contributed by atoms with Gasteiger partial charge in [-0.3, -0.25) is 14.6 Å². The minimum Gasteiger partial charge on any atom is -0.379 e. The minimum atomic E-state index is -0.0457. The fraction of sp³-hybridized carbons (Fsp3) is 0.632. The second kappa shape index (κ2) is 9.16. The van der Waals surface area contributed by atoms with Crippen LogP contribution >= 0.6 is 0 Å². The van der Waals surface area contributed by atoms with Gasteiger partial charge in [0, 0.05) is 31.7 Å². The Morgan fingerprint density at radius 1 is 1.25 bits per heavy atom. The first-order chi connectivity index (χ1) is 11.5. The van der Waals surface area contributed by atoms with Gasteiger partial charge >= 0.3 is 0 Å². The van der Waals surface area contributed by atoms with Crippen molar-refractivity contribution < 1.29 is 9.53 Å². The van der Waals surface area contributed by atoms with Crippen LogP contribution in [0.4, 0.5) is 0 Å².